The molecule has 0 radical (unpaired) electrons. The van der Waals surface area contributed by atoms with Crippen LogP contribution in [0.25, 0.3) is 0 Å². The maximum atomic E-state index is 11.7. The zero-order valence-corrected chi connectivity index (χ0v) is 9.64. The molecule has 17 heavy (non-hydrogen) atoms. The Kier molecular flexibility index (Phi) is 4.79. The number of β-amino-alcohol motifs (C(OH)–C–C–N with tert-alkyl or cyclic N) is 1. The number of nitrogens with one attached hydrogen (secondary N) is 1. The van der Waals surface area contributed by atoms with E-state index in [9.17, 15) is 14.7 Å². The summed E-state index contributed by atoms with van der Waals surface area (Å²) < 4.78 is 0. The number of carbonyl (C=O) groups is 2. The summed E-state index contributed by atoms with van der Waals surface area (Å²) in [4.78, 5) is 23.7. The number of likely N-dealkylation sites (tertiary alicyclic amines) is 1. The highest BCUT2D eigenvalue weighted by Crippen LogP contribution is 2.17. The second-order valence-electron chi connectivity index (χ2n) is 3.80. The van der Waals surface area contributed by atoms with Crippen LogP contribution in [0.2, 0.25) is 0 Å². The van der Waals surface area contributed by atoms with Gasteiger partial charge in [0.05, 0.1) is 6.10 Å². The number of carboxylic acids is 1. The van der Waals surface area contributed by atoms with Crippen LogP contribution in [0.3, 0.4) is 0 Å². The van der Waals surface area contributed by atoms with Crippen molar-refractivity contribution < 1.29 is 19.8 Å². The van der Waals surface area contributed by atoms with Gasteiger partial charge in [0.15, 0.2) is 0 Å². The Balaban J connectivity index is 2.48. The lowest BCUT2D eigenvalue weighted by Crippen LogP contribution is -2.46. The third-order valence-corrected chi connectivity index (χ3v) is 2.53. The molecular formula is C11H16N2O4. The molecule has 2 unspecified atom stereocenters. The Morgan fingerprint density at radius 2 is 2.24 bits per heavy atom. The van der Waals surface area contributed by atoms with Crippen molar-refractivity contribution in [2.45, 2.75) is 31.9 Å². The number of rotatable bonds is 3. The summed E-state index contributed by atoms with van der Waals surface area (Å²) in [5.74, 6) is 4.39. The molecule has 1 aliphatic heterocycles. The molecule has 0 aromatic heterocycles. The number of carboxylic acid groups (broad SMARTS) is 1. The highest BCUT2D eigenvalue weighted by atomic mass is 16.4. The molecule has 3 N–H and O–H groups in total. The number of aliphatic hydroxyl groups excluding tert-OH is 1. The minimum absolute atomic E-state index is 0.0578. The van der Waals surface area contributed by atoms with E-state index in [1.807, 2.05) is 0 Å². The number of hydrogen-bond donors (Lipinski definition) is 3. The Labute approximate surface area is 99.6 Å². The average Bonchev–Trinajstić information content (AvgIpc) is 2.66. The van der Waals surface area contributed by atoms with E-state index in [-0.39, 0.29) is 13.0 Å². The highest BCUT2D eigenvalue weighted by molar-refractivity contribution is 5.83. The van der Waals surface area contributed by atoms with Gasteiger partial charge in [0, 0.05) is 25.9 Å². The van der Waals surface area contributed by atoms with Gasteiger partial charge in [0.1, 0.15) is 6.04 Å². The predicted octanol–water partition coefficient (Wildman–Crippen LogP) is -0.371. The van der Waals surface area contributed by atoms with Crippen LogP contribution in [-0.2, 0) is 4.79 Å². The molecule has 6 heteroatoms. The molecule has 0 saturated carbocycles. The largest absolute Gasteiger partial charge is 0.480 e. The number of carbonyl (C=O) groups excluding carboxylic acids is 1. The molecule has 94 valence electrons. The number of hydrogen-bond acceptors (Lipinski definition) is 3. The van der Waals surface area contributed by atoms with E-state index >= 15 is 0 Å². The van der Waals surface area contributed by atoms with Crippen LogP contribution in [-0.4, -0.2) is 52.3 Å². The molecule has 0 aromatic rings. The smallest absolute Gasteiger partial charge is 0.326 e. The topological polar surface area (TPSA) is 89.9 Å². The summed E-state index contributed by atoms with van der Waals surface area (Å²) in [6.07, 6.45) is -0.161. The van der Waals surface area contributed by atoms with Crippen LogP contribution in [0.5, 0.6) is 0 Å². The molecule has 0 spiro atoms. The maximum absolute atomic E-state index is 11.7. The second-order valence-corrected chi connectivity index (χ2v) is 3.80. The lowest BCUT2D eigenvalue weighted by molar-refractivity contribution is -0.141. The van der Waals surface area contributed by atoms with E-state index in [1.54, 1.807) is 6.92 Å². The van der Waals surface area contributed by atoms with Crippen molar-refractivity contribution in [2.75, 3.05) is 13.1 Å². The standard InChI is InChI=1S/C11H16N2O4/c1-2-3-4-5-12-11(17)13-7-8(14)6-9(13)10(15)16/h8-9,14H,4-7H2,1H3,(H,12,17)(H,15,16). The normalized spacial score (nSPS) is 22.8. The van der Waals surface area contributed by atoms with Crippen molar-refractivity contribution in [2.24, 2.45) is 0 Å². The van der Waals surface area contributed by atoms with Gasteiger partial charge in [-0.1, -0.05) is 0 Å². The maximum Gasteiger partial charge on any atom is 0.326 e. The van der Waals surface area contributed by atoms with E-state index in [4.69, 9.17) is 5.11 Å². The van der Waals surface area contributed by atoms with Gasteiger partial charge in [0.25, 0.3) is 0 Å². The van der Waals surface area contributed by atoms with Crippen LogP contribution in [0.4, 0.5) is 4.79 Å². The number of amides is 2. The fourth-order valence-electron chi connectivity index (χ4n) is 1.73. The Morgan fingerprint density at radius 3 is 2.82 bits per heavy atom. The summed E-state index contributed by atoms with van der Waals surface area (Å²) in [5.41, 5.74) is 0. The minimum atomic E-state index is -1.09. The average molecular weight is 240 g/mol. The molecule has 1 rings (SSSR count). The zero-order chi connectivity index (χ0) is 12.8. The fraction of sp³-hybridized carbons (Fsp3) is 0.636. The first-order chi connectivity index (χ1) is 8.06. The van der Waals surface area contributed by atoms with Gasteiger partial charge >= 0.3 is 12.0 Å². The Bertz CT molecular complexity index is 358. The number of aliphatic hydroxyl groups is 1. The van der Waals surface area contributed by atoms with Crippen molar-refractivity contribution in [1.82, 2.24) is 10.2 Å². The van der Waals surface area contributed by atoms with Crippen LogP contribution in [0.1, 0.15) is 19.8 Å². The molecule has 1 aliphatic rings. The van der Waals surface area contributed by atoms with Gasteiger partial charge in [-0.05, 0) is 6.92 Å². The van der Waals surface area contributed by atoms with E-state index in [0.717, 1.165) is 4.90 Å². The van der Waals surface area contributed by atoms with Crippen molar-refractivity contribution in [3.63, 3.8) is 0 Å². The van der Waals surface area contributed by atoms with Crippen LogP contribution in [0.15, 0.2) is 0 Å². The van der Waals surface area contributed by atoms with Crippen LogP contribution >= 0.6 is 0 Å². The predicted molar refractivity (Wildman–Crippen MR) is 60.2 cm³/mol. The molecule has 1 saturated heterocycles. The van der Waals surface area contributed by atoms with E-state index in [2.05, 4.69) is 17.2 Å². The van der Waals surface area contributed by atoms with Gasteiger partial charge in [-0.3, -0.25) is 0 Å². The summed E-state index contributed by atoms with van der Waals surface area (Å²) >= 11 is 0. The first-order valence-electron chi connectivity index (χ1n) is 5.41. The second kappa shape index (κ2) is 6.11. The van der Waals surface area contributed by atoms with Crippen molar-refractivity contribution in [1.29, 1.82) is 0 Å². The van der Waals surface area contributed by atoms with Gasteiger partial charge in [-0.2, -0.15) is 0 Å². The third-order valence-electron chi connectivity index (χ3n) is 2.53. The van der Waals surface area contributed by atoms with E-state index < -0.39 is 24.1 Å². The first kappa shape index (κ1) is 13.3. The summed E-state index contributed by atoms with van der Waals surface area (Å²) in [6.45, 7) is 2.14. The number of nitrogens with zero attached hydrogens (tertiary/aromatic N) is 1. The van der Waals surface area contributed by atoms with E-state index in [0.29, 0.717) is 13.0 Å². The molecule has 0 bridgehead atoms. The monoisotopic (exact) mass is 240 g/mol. The van der Waals surface area contributed by atoms with Crippen LogP contribution in [0, 0.1) is 11.8 Å². The molecule has 1 fully saturated rings. The minimum Gasteiger partial charge on any atom is -0.480 e. The lowest BCUT2D eigenvalue weighted by atomic mass is 10.2. The molecule has 0 aliphatic carbocycles. The Morgan fingerprint density at radius 1 is 1.53 bits per heavy atom. The SMILES string of the molecule is CC#CCCNC(=O)N1CC(O)CC1C(=O)O. The van der Waals surface area contributed by atoms with Gasteiger partial charge in [-0.25, -0.2) is 9.59 Å². The van der Waals surface area contributed by atoms with Crippen molar-refractivity contribution in [3.8, 4) is 11.8 Å². The lowest BCUT2D eigenvalue weighted by Gasteiger charge is -2.21. The molecule has 0 aromatic carbocycles. The first-order valence-corrected chi connectivity index (χ1v) is 5.41. The van der Waals surface area contributed by atoms with Gasteiger partial charge < -0.3 is 20.4 Å². The fourth-order valence-corrected chi connectivity index (χ4v) is 1.73. The van der Waals surface area contributed by atoms with Gasteiger partial charge in [0.2, 0.25) is 0 Å². The summed E-state index contributed by atoms with van der Waals surface area (Å²) in [5, 5.41) is 20.8. The molecule has 1 heterocycles. The zero-order valence-electron chi connectivity index (χ0n) is 9.64. The number of urea groups is 1. The summed E-state index contributed by atoms with van der Waals surface area (Å²) in [7, 11) is 0. The molecule has 6 nitrogen and oxygen atoms in total. The van der Waals surface area contributed by atoms with Crippen LogP contribution < -0.4 is 5.32 Å². The third kappa shape index (κ3) is 3.64. The highest BCUT2D eigenvalue weighted by Gasteiger charge is 2.38. The Hall–Kier alpha value is -1.74. The number of aliphatic carboxylic acids is 1. The van der Waals surface area contributed by atoms with Gasteiger partial charge in [-0.15, -0.1) is 11.8 Å². The van der Waals surface area contributed by atoms with Crippen molar-refractivity contribution >= 4 is 12.0 Å². The molecular weight excluding hydrogens is 224 g/mol. The molecule has 2 amide bonds. The quantitative estimate of drug-likeness (QED) is 0.464. The molecule has 2 atom stereocenters. The summed E-state index contributed by atoms with van der Waals surface area (Å²) in [6, 6.07) is -1.41. The van der Waals surface area contributed by atoms with Crippen molar-refractivity contribution in [3.05, 3.63) is 0 Å². The van der Waals surface area contributed by atoms with E-state index in [1.165, 1.54) is 0 Å².